The predicted molar refractivity (Wildman–Crippen MR) is 196 cm³/mol. The van der Waals surface area contributed by atoms with Crippen LogP contribution in [0, 0.1) is 0 Å². The van der Waals surface area contributed by atoms with Crippen molar-refractivity contribution in [1.82, 2.24) is 34.8 Å². The van der Waals surface area contributed by atoms with Crippen molar-refractivity contribution in [1.29, 1.82) is 0 Å². The summed E-state index contributed by atoms with van der Waals surface area (Å²) in [6.07, 6.45) is -4.30. The van der Waals surface area contributed by atoms with Gasteiger partial charge in [-0.25, -0.2) is 0 Å². The summed E-state index contributed by atoms with van der Waals surface area (Å²) in [5.41, 5.74) is 0.896. The van der Waals surface area contributed by atoms with E-state index in [2.05, 4.69) is 5.32 Å². The molecule has 6 unspecified atom stereocenters. The van der Waals surface area contributed by atoms with E-state index in [1.165, 1.54) is 4.90 Å². The predicted octanol–water partition coefficient (Wildman–Crippen LogP) is -4.94. The molecule has 2 bridgehead atoms. The number of aliphatic carboxylic acids is 2. The van der Waals surface area contributed by atoms with E-state index in [-0.39, 0.29) is 104 Å². The molecule has 1 aromatic rings. The highest BCUT2D eigenvalue weighted by Gasteiger charge is 2.33. The Labute approximate surface area is 329 Å². The highest BCUT2D eigenvalue weighted by molar-refractivity contribution is 5.78. The monoisotopic (exact) mass is 815 g/mol. The van der Waals surface area contributed by atoms with Crippen LogP contribution in [0.3, 0.4) is 0 Å². The summed E-state index contributed by atoms with van der Waals surface area (Å²) in [5.74, 6) is -3.10. The number of ether oxygens (including phenoxy) is 1. The van der Waals surface area contributed by atoms with Crippen LogP contribution in [0.4, 0.5) is 0 Å². The van der Waals surface area contributed by atoms with Gasteiger partial charge in [-0.15, -0.1) is 0 Å². The lowest BCUT2D eigenvalue weighted by atomic mass is 10.1. The Morgan fingerprint density at radius 3 is 1.74 bits per heavy atom. The number of carbonyl (C=O) groups excluding carboxylic acids is 4. The number of hydrogen-bond acceptors (Lipinski definition) is 17. The highest BCUT2D eigenvalue weighted by Crippen LogP contribution is 2.19. The van der Waals surface area contributed by atoms with Crippen molar-refractivity contribution in [3.05, 3.63) is 29.6 Å². The number of aliphatic hydroxyl groups is 6. The number of carboxylic acids is 2. The van der Waals surface area contributed by atoms with Crippen LogP contribution < -0.4 is 5.32 Å². The summed E-state index contributed by atoms with van der Waals surface area (Å²) < 4.78 is 5.45. The van der Waals surface area contributed by atoms with Gasteiger partial charge in [0.15, 0.2) is 6.23 Å². The van der Waals surface area contributed by atoms with Gasteiger partial charge in [0.05, 0.1) is 49.5 Å². The number of fused-ring (bicyclic) bond motifs is 2. The Hall–Kier alpha value is -4.39. The summed E-state index contributed by atoms with van der Waals surface area (Å²) >= 11 is 0. The highest BCUT2D eigenvalue weighted by atomic mass is 16.5. The fourth-order valence-corrected chi connectivity index (χ4v) is 6.30. The van der Waals surface area contributed by atoms with E-state index in [0.29, 0.717) is 24.2 Å². The zero-order chi connectivity index (χ0) is 42.3. The molecule has 1 aliphatic rings. The molecule has 1 aliphatic heterocycles. The average Bonchev–Trinajstić information content (AvgIpc) is 3.19. The fraction of sp³-hybridized carbons (Fsp3) is 0.686. The number of carbonyl (C=O) groups is 6. The Bertz CT molecular complexity index is 1400. The van der Waals surface area contributed by atoms with E-state index in [4.69, 9.17) is 14.8 Å². The minimum absolute atomic E-state index is 0.00268. The molecule has 57 heavy (non-hydrogen) atoms. The summed E-state index contributed by atoms with van der Waals surface area (Å²) in [5, 5.41) is 80.1. The first-order chi connectivity index (χ1) is 27.3. The number of pyridine rings is 1. The summed E-state index contributed by atoms with van der Waals surface area (Å²) in [6.45, 7) is -2.48. The average molecular weight is 816 g/mol. The van der Waals surface area contributed by atoms with Gasteiger partial charge in [-0.05, 0) is 25.0 Å². The van der Waals surface area contributed by atoms with Crippen molar-refractivity contribution in [2.45, 2.75) is 75.4 Å². The molecule has 0 aromatic carbocycles. The minimum atomic E-state index is -1.28. The maximum absolute atomic E-state index is 12.9. The van der Waals surface area contributed by atoms with Crippen LogP contribution in [0.15, 0.2) is 18.2 Å². The quantitative estimate of drug-likeness (QED) is 0.0376. The first-order valence-electron chi connectivity index (χ1n) is 18.5. The van der Waals surface area contributed by atoms with Crippen molar-refractivity contribution in [2.75, 3.05) is 78.7 Å². The maximum atomic E-state index is 12.9. The molecular formula is C35H57N7O15. The zero-order valence-corrected chi connectivity index (χ0v) is 31.8. The molecular weight excluding hydrogens is 758 g/mol. The SMILES string of the molecule is O=COC(CCN(C=O)CC(O)CO)N1CCN(C(CCN(C=O)CC(O)CO)C(=O)O)CCN(C(CCC(=O)NCC(O)CO)C(=O)O)Cc2cccc(n2)C1. The number of amides is 3. The second-order valence-corrected chi connectivity index (χ2v) is 13.6. The van der Waals surface area contributed by atoms with Gasteiger partial charge in [0, 0.05) is 84.8 Å². The minimum Gasteiger partial charge on any atom is -0.480 e. The number of nitrogens with zero attached hydrogens (tertiary/aromatic N) is 6. The molecule has 22 nitrogen and oxygen atoms in total. The third-order valence-electron chi connectivity index (χ3n) is 9.37. The van der Waals surface area contributed by atoms with Crippen LogP contribution in [-0.4, -0.2) is 223 Å². The van der Waals surface area contributed by atoms with Gasteiger partial charge in [-0.3, -0.25) is 48.5 Å². The maximum Gasteiger partial charge on any atom is 0.320 e. The van der Waals surface area contributed by atoms with Crippen LogP contribution in [0.5, 0.6) is 0 Å². The van der Waals surface area contributed by atoms with Gasteiger partial charge in [-0.2, -0.15) is 0 Å². The van der Waals surface area contributed by atoms with Crippen LogP contribution >= 0.6 is 0 Å². The van der Waals surface area contributed by atoms with E-state index in [1.54, 1.807) is 32.9 Å². The fourth-order valence-electron chi connectivity index (χ4n) is 6.30. The number of aromatic nitrogens is 1. The Balaban J connectivity index is 2.54. The molecule has 22 heteroatoms. The molecule has 9 N–H and O–H groups in total. The van der Waals surface area contributed by atoms with Gasteiger partial charge in [0.25, 0.3) is 6.47 Å². The zero-order valence-electron chi connectivity index (χ0n) is 31.8. The summed E-state index contributed by atoms with van der Waals surface area (Å²) in [6, 6.07) is 2.52. The lowest BCUT2D eigenvalue weighted by Gasteiger charge is -2.37. The Morgan fingerprint density at radius 1 is 0.737 bits per heavy atom. The molecule has 0 radical (unpaired) electrons. The lowest BCUT2D eigenvalue weighted by molar-refractivity contribution is -0.148. The van der Waals surface area contributed by atoms with E-state index < -0.39 is 74.3 Å². The van der Waals surface area contributed by atoms with Crippen molar-refractivity contribution in [3.63, 3.8) is 0 Å². The van der Waals surface area contributed by atoms with Gasteiger partial charge in [0.2, 0.25) is 18.7 Å². The van der Waals surface area contributed by atoms with E-state index >= 15 is 0 Å². The van der Waals surface area contributed by atoms with Crippen LogP contribution in [0.25, 0.3) is 0 Å². The first-order valence-corrected chi connectivity index (χ1v) is 18.5. The van der Waals surface area contributed by atoms with Crippen molar-refractivity contribution in [3.8, 4) is 0 Å². The number of nitrogens with one attached hydrogen (secondary N) is 1. The van der Waals surface area contributed by atoms with E-state index in [1.807, 2.05) is 0 Å². The molecule has 0 saturated carbocycles. The third-order valence-corrected chi connectivity index (χ3v) is 9.37. The molecule has 0 saturated heterocycles. The molecule has 0 aliphatic carbocycles. The van der Waals surface area contributed by atoms with Gasteiger partial charge < -0.3 is 60.7 Å². The third kappa shape index (κ3) is 17.7. The van der Waals surface area contributed by atoms with Gasteiger partial charge in [-0.1, -0.05) is 6.07 Å². The van der Waals surface area contributed by atoms with Gasteiger partial charge in [0.1, 0.15) is 12.1 Å². The standard InChI is InChI=1S/C35H57N7O15/c43-19-27(49)14-36-32(52)5-4-30(34(53)54)41-12-10-40(31(35(55)56)6-8-38(22-46)17-28(50)20-44)11-13-42(16-26-3-1-2-25(15-41)37-26)33(57-24-48)7-9-39(23-47)18-29(51)21-45/h1-3,22-24,27-31,33,43-45,49-51H,4-21H2,(H,36,52)(H,53,54)(H,55,56). The molecule has 0 fully saturated rings. The number of hydrogen-bond donors (Lipinski definition) is 9. The smallest absolute Gasteiger partial charge is 0.320 e. The van der Waals surface area contributed by atoms with E-state index in [9.17, 15) is 64.5 Å². The topological polar surface area (TPSA) is 315 Å². The lowest BCUT2D eigenvalue weighted by Crippen LogP contribution is -2.52. The number of aliphatic hydroxyl groups excluding tert-OH is 6. The molecule has 6 atom stereocenters. The summed E-state index contributed by atoms with van der Waals surface area (Å²) in [7, 11) is 0. The largest absolute Gasteiger partial charge is 0.480 e. The van der Waals surface area contributed by atoms with Crippen molar-refractivity contribution < 1.29 is 74.4 Å². The molecule has 3 amide bonds. The molecule has 322 valence electrons. The van der Waals surface area contributed by atoms with Crippen LogP contribution in [0.2, 0.25) is 0 Å². The Kier molecular flexibility index (Phi) is 22.7. The van der Waals surface area contributed by atoms with Crippen molar-refractivity contribution in [2.24, 2.45) is 0 Å². The number of rotatable bonds is 27. The van der Waals surface area contributed by atoms with E-state index in [0.717, 1.165) is 4.90 Å². The molecule has 0 spiro atoms. The number of carboxylic acid groups (broad SMARTS) is 2. The first kappa shape index (κ1) is 48.8. The van der Waals surface area contributed by atoms with Crippen molar-refractivity contribution >= 4 is 37.1 Å². The van der Waals surface area contributed by atoms with Crippen LogP contribution in [-0.2, 0) is 46.6 Å². The van der Waals surface area contributed by atoms with Gasteiger partial charge >= 0.3 is 11.9 Å². The van der Waals surface area contributed by atoms with Crippen LogP contribution in [0.1, 0.15) is 37.1 Å². The summed E-state index contributed by atoms with van der Waals surface area (Å²) in [4.78, 5) is 85.2. The molecule has 2 rings (SSSR count). The second-order valence-electron chi connectivity index (χ2n) is 13.6. The second kappa shape index (κ2) is 26.5. The Morgan fingerprint density at radius 2 is 1.23 bits per heavy atom. The normalized spacial score (nSPS) is 17.6. The molecule has 2 heterocycles. The molecule has 1 aromatic heterocycles.